The molecule has 4 heteroatoms. The van der Waals surface area contributed by atoms with Crippen molar-refractivity contribution in [3.8, 4) is 0 Å². The van der Waals surface area contributed by atoms with Crippen LogP contribution in [-0.4, -0.2) is 41.4 Å². The maximum atomic E-state index is 13.2. The third kappa shape index (κ3) is 2.66. The molecule has 0 aliphatic carbocycles. The van der Waals surface area contributed by atoms with Crippen molar-refractivity contribution in [2.45, 2.75) is 65.2 Å². The van der Waals surface area contributed by atoms with Crippen LogP contribution in [0.5, 0.6) is 0 Å². The molecule has 1 aliphatic heterocycles. The zero-order chi connectivity index (χ0) is 14.9. The van der Waals surface area contributed by atoms with Crippen molar-refractivity contribution in [2.24, 2.45) is 5.92 Å². The molecule has 1 rings (SSSR count). The summed E-state index contributed by atoms with van der Waals surface area (Å²) in [7, 11) is -2.30. The SMILES string of the molecule is CCN(CC)CCCNP1(=O)C(C)(C)C(C)C1(C)C. The molecule has 1 fully saturated rings. The summed E-state index contributed by atoms with van der Waals surface area (Å²) in [4.78, 5) is 2.41. The standard InChI is InChI=1S/C15H33N2OP/c1-8-17(9-2)12-10-11-16-19(18)14(4,5)13(3)15(19,6)7/h13H,8-12H2,1-7H3,(H,16,18). The van der Waals surface area contributed by atoms with Crippen molar-refractivity contribution in [1.29, 1.82) is 0 Å². The Labute approximate surface area is 119 Å². The van der Waals surface area contributed by atoms with E-state index >= 15 is 0 Å². The van der Waals surface area contributed by atoms with Crippen LogP contribution in [0.3, 0.4) is 0 Å². The van der Waals surface area contributed by atoms with E-state index in [9.17, 15) is 4.57 Å². The van der Waals surface area contributed by atoms with E-state index in [4.69, 9.17) is 0 Å². The summed E-state index contributed by atoms with van der Waals surface area (Å²) < 4.78 is 13.2. The molecule has 0 radical (unpaired) electrons. The van der Waals surface area contributed by atoms with Crippen LogP contribution in [0, 0.1) is 5.92 Å². The Morgan fingerprint density at radius 1 is 1.11 bits per heavy atom. The van der Waals surface area contributed by atoms with Gasteiger partial charge in [0.15, 0.2) is 7.29 Å². The van der Waals surface area contributed by atoms with Crippen molar-refractivity contribution >= 4 is 7.29 Å². The van der Waals surface area contributed by atoms with E-state index in [1.165, 1.54) is 0 Å². The Bertz CT molecular complexity index is 328. The summed E-state index contributed by atoms with van der Waals surface area (Å²) in [5, 5.41) is 3.31. The number of nitrogens with zero attached hydrogens (tertiary/aromatic N) is 1. The Hall–Kier alpha value is 0.150. The van der Waals surface area contributed by atoms with E-state index in [1.54, 1.807) is 0 Å². The molecule has 1 heterocycles. The lowest BCUT2D eigenvalue weighted by molar-refractivity contribution is 0.260. The first kappa shape index (κ1) is 17.2. The average Bonchev–Trinajstić information content (AvgIpc) is 2.36. The van der Waals surface area contributed by atoms with Crippen LogP contribution in [0.15, 0.2) is 0 Å². The van der Waals surface area contributed by atoms with Crippen molar-refractivity contribution < 1.29 is 4.57 Å². The topological polar surface area (TPSA) is 32.3 Å². The van der Waals surface area contributed by atoms with Gasteiger partial charge in [-0.3, -0.25) is 5.09 Å². The smallest absolute Gasteiger partial charge is 0.159 e. The van der Waals surface area contributed by atoms with Gasteiger partial charge in [0.1, 0.15) is 0 Å². The van der Waals surface area contributed by atoms with Crippen molar-refractivity contribution in [2.75, 3.05) is 26.2 Å². The number of hydrogen-bond donors (Lipinski definition) is 1. The predicted molar refractivity (Wildman–Crippen MR) is 85.3 cm³/mol. The first-order chi connectivity index (χ1) is 8.65. The molecule has 0 saturated carbocycles. The van der Waals surface area contributed by atoms with Gasteiger partial charge in [0, 0.05) is 16.9 Å². The number of rotatable bonds is 7. The molecule has 0 unspecified atom stereocenters. The fourth-order valence-electron chi connectivity index (χ4n) is 3.57. The lowest BCUT2D eigenvalue weighted by Crippen LogP contribution is -2.61. The van der Waals surface area contributed by atoms with Crippen LogP contribution >= 0.6 is 7.29 Å². The molecule has 3 nitrogen and oxygen atoms in total. The zero-order valence-electron chi connectivity index (χ0n) is 13.9. The van der Waals surface area contributed by atoms with Crippen molar-refractivity contribution in [1.82, 2.24) is 9.99 Å². The maximum Gasteiger partial charge on any atom is 0.159 e. The molecule has 114 valence electrons. The summed E-state index contributed by atoms with van der Waals surface area (Å²) in [6, 6.07) is 0. The second-order valence-corrected chi connectivity index (χ2v) is 10.8. The summed E-state index contributed by atoms with van der Waals surface area (Å²) in [5.41, 5.74) is 0. The van der Waals surface area contributed by atoms with Crippen LogP contribution in [-0.2, 0) is 4.57 Å². The van der Waals surface area contributed by atoms with Gasteiger partial charge in [-0.25, -0.2) is 0 Å². The van der Waals surface area contributed by atoms with Gasteiger partial charge in [0.25, 0.3) is 0 Å². The van der Waals surface area contributed by atoms with E-state index in [0.29, 0.717) is 5.92 Å². The van der Waals surface area contributed by atoms with Gasteiger partial charge in [-0.2, -0.15) is 0 Å². The molecule has 0 aromatic rings. The van der Waals surface area contributed by atoms with Gasteiger partial charge in [0.2, 0.25) is 0 Å². The third-order valence-electron chi connectivity index (χ3n) is 5.62. The van der Waals surface area contributed by atoms with Crippen molar-refractivity contribution in [3.63, 3.8) is 0 Å². The zero-order valence-corrected chi connectivity index (χ0v) is 14.8. The number of nitrogens with one attached hydrogen (secondary N) is 1. The fourth-order valence-corrected chi connectivity index (χ4v) is 7.88. The van der Waals surface area contributed by atoms with Crippen LogP contribution in [0.2, 0.25) is 0 Å². The highest BCUT2D eigenvalue weighted by Crippen LogP contribution is 2.79. The highest BCUT2D eigenvalue weighted by atomic mass is 31.2. The first-order valence-electron chi connectivity index (χ1n) is 7.72. The molecule has 0 aromatic carbocycles. The normalized spacial score (nSPS) is 32.3. The van der Waals surface area contributed by atoms with Crippen LogP contribution < -0.4 is 5.09 Å². The molecule has 0 aromatic heterocycles. The molecular weight excluding hydrogens is 255 g/mol. The second kappa shape index (κ2) is 5.87. The van der Waals surface area contributed by atoms with Gasteiger partial charge in [-0.15, -0.1) is 0 Å². The quantitative estimate of drug-likeness (QED) is 0.571. The summed E-state index contributed by atoms with van der Waals surface area (Å²) in [6.45, 7) is 19.4. The van der Waals surface area contributed by atoms with Crippen LogP contribution in [0.25, 0.3) is 0 Å². The maximum absolute atomic E-state index is 13.2. The summed E-state index contributed by atoms with van der Waals surface area (Å²) >= 11 is 0. The second-order valence-electron chi connectivity index (χ2n) is 6.93. The highest BCUT2D eigenvalue weighted by Gasteiger charge is 2.67. The summed E-state index contributed by atoms with van der Waals surface area (Å²) in [6.07, 6.45) is 1.08. The highest BCUT2D eigenvalue weighted by molar-refractivity contribution is 7.66. The largest absolute Gasteiger partial charge is 0.306 e. The number of hydrogen-bond acceptors (Lipinski definition) is 2. The average molecular weight is 288 g/mol. The minimum atomic E-state index is -2.30. The molecule has 19 heavy (non-hydrogen) atoms. The van der Waals surface area contributed by atoms with E-state index in [2.05, 4.69) is 58.5 Å². The van der Waals surface area contributed by atoms with Gasteiger partial charge >= 0.3 is 0 Å². The van der Waals surface area contributed by atoms with E-state index in [1.807, 2.05) is 0 Å². The minimum absolute atomic E-state index is 0.0638. The Morgan fingerprint density at radius 2 is 1.58 bits per heavy atom. The first-order valence-corrected chi connectivity index (χ1v) is 9.43. The molecule has 0 amide bonds. The molecule has 1 aliphatic rings. The summed E-state index contributed by atoms with van der Waals surface area (Å²) in [5.74, 6) is 0.501. The molecule has 1 saturated heterocycles. The van der Waals surface area contributed by atoms with Gasteiger partial charge < -0.3 is 9.46 Å². The van der Waals surface area contributed by atoms with Crippen LogP contribution in [0.1, 0.15) is 54.9 Å². The van der Waals surface area contributed by atoms with Gasteiger partial charge in [0.05, 0.1) is 0 Å². The predicted octanol–water partition coefficient (Wildman–Crippen LogP) is 3.79. The molecular formula is C15H33N2OP. The molecule has 0 bridgehead atoms. The van der Waals surface area contributed by atoms with E-state index in [0.717, 1.165) is 32.6 Å². The van der Waals surface area contributed by atoms with Crippen molar-refractivity contribution in [3.05, 3.63) is 0 Å². The lowest BCUT2D eigenvalue weighted by atomic mass is 9.83. The van der Waals surface area contributed by atoms with E-state index in [-0.39, 0.29) is 10.3 Å². The third-order valence-corrected chi connectivity index (χ3v) is 10.3. The van der Waals surface area contributed by atoms with Gasteiger partial charge in [-0.1, -0.05) is 48.5 Å². The Morgan fingerprint density at radius 3 is 2.00 bits per heavy atom. The fraction of sp³-hybridized carbons (Fsp3) is 1.00. The Balaban J connectivity index is 2.51. The molecule has 1 N–H and O–H groups in total. The van der Waals surface area contributed by atoms with Crippen LogP contribution in [0.4, 0.5) is 0 Å². The molecule has 0 atom stereocenters. The van der Waals surface area contributed by atoms with Gasteiger partial charge in [-0.05, 0) is 32.0 Å². The monoisotopic (exact) mass is 288 g/mol. The lowest BCUT2D eigenvalue weighted by Gasteiger charge is -2.62. The Kier molecular flexibility index (Phi) is 5.32. The molecule has 0 spiro atoms. The minimum Gasteiger partial charge on any atom is -0.306 e. The van der Waals surface area contributed by atoms with E-state index < -0.39 is 7.29 Å².